The van der Waals surface area contributed by atoms with Crippen molar-refractivity contribution in [1.82, 2.24) is 5.32 Å². The Kier molecular flexibility index (Phi) is 4.52. The van der Waals surface area contributed by atoms with E-state index in [1.807, 2.05) is 0 Å². The molecule has 0 heterocycles. The fourth-order valence-electron chi connectivity index (χ4n) is 1.44. The molecule has 7 heteroatoms. The van der Waals surface area contributed by atoms with E-state index in [-0.39, 0.29) is 0 Å². The van der Waals surface area contributed by atoms with Crippen LogP contribution >= 0.6 is 0 Å². The minimum absolute atomic E-state index is 0.334. The molecule has 4 nitrogen and oxygen atoms in total. The van der Waals surface area contributed by atoms with Crippen molar-refractivity contribution in [2.45, 2.75) is 19.0 Å². The highest BCUT2D eigenvalue weighted by atomic mass is 19.4. The first-order valence-electron chi connectivity index (χ1n) is 5.36. The van der Waals surface area contributed by atoms with Crippen molar-refractivity contribution < 1.29 is 27.9 Å². The summed E-state index contributed by atoms with van der Waals surface area (Å²) in [6, 6.07) is 6.31. The van der Waals surface area contributed by atoms with E-state index in [1.54, 1.807) is 24.4 Å². The number of hydrogen-bond donors (Lipinski definition) is 2. The fraction of sp³-hybridized carbons (Fsp3) is 0.333. The van der Waals surface area contributed by atoms with Crippen molar-refractivity contribution in [2.24, 2.45) is 0 Å². The smallest absolute Gasteiger partial charge is 0.471 e. The van der Waals surface area contributed by atoms with Crippen LogP contribution in [0.2, 0.25) is 0 Å². The number of rotatable bonds is 4. The number of hydrogen-bond acceptors (Lipinski definition) is 2. The SMILES string of the molecule is Cc1ccc(C(CNC(=O)C(F)(F)F)C(=O)O)cc1. The van der Waals surface area contributed by atoms with Crippen LogP contribution in [-0.2, 0) is 9.59 Å². The molecule has 1 atom stereocenters. The lowest BCUT2D eigenvalue weighted by Crippen LogP contribution is -2.40. The molecule has 0 aliphatic rings. The highest BCUT2D eigenvalue weighted by Gasteiger charge is 2.39. The number of aliphatic carboxylic acids is 1. The van der Waals surface area contributed by atoms with E-state index in [0.717, 1.165) is 5.56 Å². The summed E-state index contributed by atoms with van der Waals surface area (Å²) in [5.74, 6) is -4.66. The lowest BCUT2D eigenvalue weighted by molar-refractivity contribution is -0.173. The largest absolute Gasteiger partial charge is 0.481 e. The first-order chi connectivity index (χ1) is 8.71. The molecule has 0 fully saturated rings. The lowest BCUT2D eigenvalue weighted by Gasteiger charge is -2.15. The van der Waals surface area contributed by atoms with E-state index in [4.69, 9.17) is 5.11 Å². The highest BCUT2D eigenvalue weighted by Crippen LogP contribution is 2.18. The first kappa shape index (κ1) is 15.0. The van der Waals surface area contributed by atoms with Crippen molar-refractivity contribution in [3.05, 3.63) is 35.4 Å². The Morgan fingerprint density at radius 2 is 1.79 bits per heavy atom. The maximum Gasteiger partial charge on any atom is 0.471 e. The van der Waals surface area contributed by atoms with Gasteiger partial charge in [0.2, 0.25) is 0 Å². The van der Waals surface area contributed by atoms with E-state index in [1.165, 1.54) is 12.1 Å². The standard InChI is InChI=1S/C12H12F3NO3/c1-7-2-4-8(5-3-7)9(10(17)18)6-16-11(19)12(13,14)15/h2-5,9H,6H2,1H3,(H,16,19)(H,17,18). The van der Waals surface area contributed by atoms with Crippen LogP contribution in [0.25, 0.3) is 0 Å². The molecular weight excluding hydrogens is 263 g/mol. The van der Waals surface area contributed by atoms with Crippen LogP contribution in [0.1, 0.15) is 17.0 Å². The van der Waals surface area contributed by atoms with Gasteiger partial charge in [0.15, 0.2) is 0 Å². The monoisotopic (exact) mass is 275 g/mol. The second-order valence-corrected chi connectivity index (χ2v) is 4.01. The topological polar surface area (TPSA) is 66.4 Å². The summed E-state index contributed by atoms with van der Waals surface area (Å²) in [4.78, 5) is 21.7. The molecule has 104 valence electrons. The van der Waals surface area contributed by atoms with Crippen molar-refractivity contribution in [2.75, 3.05) is 6.54 Å². The predicted molar refractivity (Wildman–Crippen MR) is 60.6 cm³/mol. The molecule has 0 bridgehead atoms. The number of carboxylic acids is 1. The minimum atomic E-state index is -5.02. The molecule has 1 unspecified atom stereocenters. The van der Waals surface area contributed by atoms with Gasteiger partial charge in [0, 0.05) is 6.54 Å². The molecule has 1 rings (SSSR count). The molecule has 2 N–H and O–H groups in total. The van der Waals surface area contributed by atoms with Crippen LogP contribution in [0, 0.1) is 6.92 Å². The normalized spacial score (nSPS) is 12.8. The minimum Gasteiger partial charge on any atom is -0.481 e. The van der Waals surface area contributed by atoms with Gasteiger partial charge in [0.05, 0.1) is 5.92 Å². The van der Waals surface area contributed by atoms with Crippen molar-refractivity contribution in [3.8, 4) is 0 Å². The van der Waals surface area contributed by atoms with Crippen LogP contribution in [0.4, 0.5) is 13.2 Å². The van der Waals surface area contributed by atoms with Gasteiger partial charge in [-0.1, -0.05) is 29.8 Å². The number of aryl methyl sites for hydroxylation is 1. The van der Waals surface area contributed by atoms with Crippen LogP contribution in [0.3, 0.4) is 0 Å². The van der Waals surface area contributed by atoms with E-state index in [2.05, 4.69) is 0 Å². The van der Waals surface area contributed by atoms with E-state index in [0.29, 0.717) is 5.56 Å². The van der Waals surface area contributed by atoms with Crippen LogP contribution in [-0.4, -0.2) is 29.7 Å². The van der Waals surface area contributed by atoms with Gasteiger partial charge in [-0.25, -0.2) is 0 Å². The Balaban J connectivity index is 2.78. The number of carbonyl (C=O) groups excluding carboxylic acids is 1. The Bertz CT molecular complexity index is 468. The highest BCUT2D eigenvalue weighted by molar-refractivity contribution is 5.83. The molecule has 1 aromatic rings. The lowest BCUT2D eigenvalue weighted by atomic mass is 9.98. The maximum absolute atomic E-state index is 12.0. The van der Waals surface area contributed by atoms with Gasteiger partial charge in [0.25, 0.3) is 0 Å². The molecule has 0 aliphatic carbocycles. The van der Waals surface area contributed by atoms with Crippen LogP contribution in [0.15, 0.2) is 24.3 Å². The van der Waals surface area contributed by atoms with Crippen molar-refractivity contribution in [3.63, 3.8) is 0 Å². The third-order valence-corrected chi connectivity index (χ3v) is 2.50. The van der Waals surface area contributed by atoms with E-state index < -0.39 is 30.5 Å². The fourth-order valence-corrected chi connectivity index (χ4v) is 1.44. The third kappa shape index (κ3) is 4.27. The summed E-state index contributed by atoms with van der Waals surface area (Å²) in [6.45, 7) is 1.18. The first-order valence-corrected chi connectivity index (χ1v) is 5.36. The molecular formula is C12H12F3NO3. The molecule has 0 radical (unpaired) electrons. The molecule has 1 amide bonds. The molecule has 0 spiro atoms. The second-order valence-electron chi connectivity index (χ2n) is 4.01. The maximum atomic E-state index is 12.0. The number of carboxylic acid groups (broad SMARTS) is 1. The molecule has 0 aromatic heterocycles. The zero-order chi connectivity index (χ0) is 14.6. The van der Waals surface area contributed by atoms with Gasteiger partial charge in [-0.3, -0.25) is 9.59 Å². The zero-order valence-electron chi connectivity index (χ0n) is 9.99. The number of benzene rings is 1. The summed E-state index contributed by atoms with van der Waals surface area (Å²) in [5.41, 5.74) is 1.23. The van der Waals surface area contributed by atoms with Gasteiger partial charge >= 0.3 is 18.1 Å². The quantitative estimate of drug-likeness (QED) is 0.881. The summed E-state index contributed by atoms with van der Waals surface area (Å²) in [6.07, 6.45) is -5.02. The Labute approximate surface area is 107 Å². The third-order valence-electron chi connectivity index (χ3n) is 2.50. The molecule has 1 aromatic carbocycles. The Morgan fingerprint density at radius 3 is 2.21 bits per heavy atom. The second kappa shape index (κ2) is 5.73. The molecule has 0 aliphatic heterocycles. The van der Waals surface area contributed by atoms with Gasteiger partial charge < -0.3 is 10.4 Å². The summed E-state index contributed by atoms with van der Waals surface area (Å²) in [7, 11) is 0. The summed E-state index contributed by atoms with van der Waals surface area (Å²) in [5, 5.41) is 10.6. The zero-order valence-corrected chi connectivity index (χ0v) is 9.99. The summed E-state index contributed by atoms with van der Waals surface area (Å²) >= 11 is 0. The predicted octanol–water partition coefficient (Wildman–Crippen LogP) is 1.84. The number of carbonyl (C=O) groups is 2. The van der Waals surface area contributed by atoms with Gasteiger partial charge in [0.1, 0.15) is 0 Å². The van der Waals surface area contributed by atoms with E-state index >= 15 is 0 Å². The van der Waals surface area contributed by atoms with Gasteiger partial charge in [-0.15, -0.1) is 0 Å². The summed E-state index contributed by atoms with van der Waals surface area (Å²) < 4.78 is 36.0. The van der Waals surface area contributed by atoms with Crippen LogP contribution in [0.5, 0.6) is 0 Å². The number of alkyl halides is 3. The number of amides is 1. The average molecular weight is 275 g/mol. The van der Waals surface area contributed by atoms with Crippen molar-refractivity contribution >= 4 is 11.9 Å². The Morgan fingerprint density at radius 1 is 1.26 bits per heavy atom. The number of halogens is 3. The van der Waals surface area contributed by atoms with E-state index in [9.17, 15) is 22.8 Å². The van der Waals surface area contributed by atoms with Crippen LogP contribution < -0.4 is 5.32 Å². The van der Waals surface area contributed by atoms with Crippen molar-refractivity contribution in [1.29, 1.82) is 0 Å². The molecule has 0 saturated heterocycles. The average Bonchev–Trinajstić information content (AvgIpc) is 2.29. The number of nitrogens with one attached hydrogen (secondary N) is 1. The molecule has 0 saturated carbocycles. The molecule has 19 heavy (non-hydrogen) atoms. The van der Waals surface area contributed by atoms with Gasteiger partial charge in [-0.2, -0.15) is 13.2 Å². The van der Waals surface area contributed by atoms with Gasteiger partial charge in [-0.05, 0) is 12.5 Å². The Hall–Kier alpha value is -2.05.